The number of hydrogen-bond acceptors (Lipinski definition) is 5. The van der Waals surface area contributed by atoms with Crippen molar-refractivity contribution in [2.45, 2.75) is 0 Å². The first-order chi connectivity index (χ1) is 12.1. The standard InChI is InChI=1S/C19H17N5O/c1-24-12-18(21)22-11-17(24)15-3-2-4-16(9-15)23-19(25)14-7-5-13(10-20)6-8-14/h2-9,11H,12H2,1H3,(H2,21,22)(H,23,25). The van der Waals surface area contributed by atoms with Gasteiger partial charge < -0.3 is 16.0 Å². The van der Waals surface area contributed by atoms with Gasteiger partial charge in [0.1, 0.15) is 5.84 Å². The van der Waals surface area contributed by atoms with Crippen LogP contribution in [0.1, 0.15) is 21.5 Å². The summed E-state index contributed by atoms with van der Waals surface area (Å²) in [5, 5.41) is 11.7. The number of aliphatic imine (C=N–C) groups is 1. The Morgan fingerprint density at radius 1 is 1.28 bits per heavy atom. The molecular weight excluding hydrogens is 314 g/mol. The van der Waals surface area contributed by atoms with Crippen LogP contribution in [0, 0.1) is 11.3 Å². The molecule has 0 spiro atoms. The molecule has 0 unspecified atom stereocenters. The molecule has 2 aromatic rings. The number of carbonyl (C=O) groups is 1. The van der Waals surface area contributed by atoms with Crippen LogP contribution in [0.2, 0.25) is 0 Å². The van der Waals surface area contributed by atoms with Gasteiger partial charge in [-0.2, -0.15) is 5.26 Å². The first kappa shape index (κ1) is 16.3. The van der Waals surface area contributed by atoms with Crippen LogP contribution in [0.15, 0.2) is 59.7 Å². The highest BCUT2D eigenvalue weighted by molar-refractivity contribution is 6.04. The second-order valence-electron chi connectivity index (χ2n) is 5.71. The Labute approximate surface area is 145 Å². The molecule has 25 heavy (non-hydrogen) atoms. The smallest absolute Gasteiger partial charge is 0.255 e. The fraction of sp³-hybridized carbons (Fsp3) is 0.105. The van der Waals surface area contributed by atoms with Crippen molar-refractivity contribution in [3.05, 3.63) is 71.4 Å². The molecule has 1 heterocycles. The number of rotatable bonds is 3. The summed E-state index contributed by atoms with van der Waals surface area (Å²) in [6, 6.07) is 16.1. The fourth-order valence-electron chi connectivity index (χ4n) is 2.56. The zero-order valence-electron chi connectivity index (χ0n) is 13.7. The number of hydrogen-bond donors (Lipinski definition) is 2. The average Bonchev–Trinajstić information content (AvgIpc) is 2.62. The van der Waals surface area contributed by atoms with E-state index < -0.39 is 0 Å². The quantitative estimate of drug-likeness (QED) is 0.903. The number of amidine groups is 1. The molecule has 2 aromatic carbocycles. The lowest BCUT2D eigenvalue weighted by molar-refractivity contribution is 0.102. The molecule has 0 radical (unpaired) electrons. The van der Waals surface area contributed by atoms with Crippen LogP contribution in [0.3, 0.4) is 0 Å². The lowest BCUT2D eigenvalue weighted by atomic mass is 10.1. The molecule has 0 fully saturated rings. The van der Waals surface area contributed by atoms with Gasteiger partial charge in [0, 0.05) is 23.9 Å². The molecule has 6 nitrogen and oxygen atoms in total. The molecule has 124 valence electrons. The van der Waals surface area contributed by atoms with Crippen molar-refractivity contribution in [3.63, 3.8) is 0 Å². The predicted molar refractivity (Wildman–Crippen MR) is 97.8 cm³/mol. The number of likely N-dealkylation sites (N-methyl/N-ethyl adjacent to an activating group) is 1. The molecule has 6 heteroatoms. The van der Waals surface area contributed by atoms with Crippen molar-refractivity contribution in [3.8, 4) is 6.07 Å². The third kappa shape index (κ3) is 3.67. The van der Waals surface area contributed by atoms with Gasteiger partial charge in [-0.1, -0.05) is 12.1 Å². The monoisotopic (exact) mass is 331 g/mol. The molecule has 0 saturated carbocycles. The Hall–Kier alpha value is -3.59. The van der Waals surface area contributed by atoms with Gasteiger partial charge in [-0.05, 0) is 36.4 Å². The molecular formula is C19H17N5O. The molecule has 3 rings (SSSR count). The predicted octanol–water partition coefficient (Wildman–Crippen LogP) is 2.41. The van der Waals surface area contributed by atoms with Crippen molar-refractivity contribution in [1.29, 1.82) is 5.26 Å². The minimum absolute atomic E-state index is 0.227. The second-order valence-corrected chi connectivity index (χ2v) is 5.71. The number of benzene rings is 2. The van der Waals surface area contributed by atoms with Gasteiger partial charge in [0.05, 0.1) is 30.1 Å². The number of amides is 1. The number of nitrogens with two attached hydrogens (primary N) is 1. The highest BCUT2D eigenvalue weighted by Crippen LogP contribution is 2.23. The molecule has 0 aromatic heterocycles. The van der Waals surface area contributed by atoms with Crippen LogP contribution in [-0.2, 0) is 0 Å². The van der Waals surface area contributed by atoms with Gasteiger partial charge in [0.25, 0.3) is 5.91 Å². The van der Waals surface area contributed by atoms with E-state index in [0.29, 0.717) is 29.2 Å². The first-order valence-electron chi connectivity index (χ1n) is 7.72. The minimum atomic E-state index is -0.227. The van der Waals surface area contributed by atoms with Crippen molar-refractivity contribution < 1.29 is 4.79 Å². The van der Waals surface area contributed by atoms with Crippen LogP contribution in [0.5, 0.6) is 0 Å². The summed E-state index contributed by atoms with van der Waals surface area (Å²) in [5.41, 5.74) is 9.31. The van der Waals surface area contributed by atoms with Crippen LogP contribution in [-0.4, -0.2) is 30.2 Å². The van der Waals surface area contributed by atoms with Gasteiger partial charge in [0.15, 0.2) is 0 Å². The Morgan fingerprint density at radius 2 is 2.04 bits per heavy atom. The molecule has 1 amide bonds. The average molecular weight is 331 g/mol. The van der Waals surface area contributed by atoms with E-state index in [2.05, 4.69) is 10.3 Å². The highest BCUT2D eigenvalue weighted by Gasteiger charge is 2.14. The topological polar surface area (TPSA) is 94.5 Å². The molecule has 0 atom stereocenters. The Morgan fingerprint density at radius 3 is 2.72 bits per heavy atom. The maximum atomic E-state index is 12.4. The number of nitrogens with one attached hydrogen (secondary N) is 1. The molecule has 0 saturated heterocycles. The van der Waals surface area contributed by atoms with Gasteiger partial charge in [-0.3, -0.25) is 4.79 Å². The van der Waals surface area contributed by atoms with E-state index in [9.17, 15) is 4.79 Å². The van der Waals surface area contributed by atoms with Crippen LogP contribution >= 0.6 is 0 Å². The largest absolute Gasteiger partial charge is 0.386 e. The molecule has 1 aliphatic heterocycles. The molecule has 1 aliphatic rings. The first-order valence-corrected chi connectivity index (χ1v) is 7.72. The maximum Gasteiger partial charge on any atom is 0.255 e. The zero-order valence-corrected chi connectivity index (χ0v) is 13.7. The summed E-state index contributed by atoms with van der Waals surface area (Å²) >= 11 is 0. The Balaban J connectivity index is 1.80. The summed E-state index contributed by atoms with van der Waals surface area (Å²) in [6.07, 6.45) is 1.72. The van der Waals surface area contributed by atoms with Crippen molar-refractivity contribution in [2.75, 3.05) is 18.9 Å². The number of nitrogens with zero attached hydrogens (tertiary/aromatic N) is 3. The van der Waals surface area contributed by atoms with Crippen LogP contribution < -0.4 is 11.1 Å². The van der Waals surface area contributed by atoms with Crippen molar-refractivity contribution in [2.24, 2.45) is 10.7 Å². The van der Waals surface area contributed by atoms with Gasteiger partial charge in [-0.25, -0.2) is 4.99 Å². The van der Waals surface area contributed by atoms with E-state index in [1.54, 1.807) is 30.5 Å². The summed E-state index contributed by atoms with van der Waals surface area (Å²) in [6.45, 7) is 0.563. The Kier molecular flexibility index (Phi) is 4.48. The van der Waals surface area contributed by atoms with Gasteiger partial charge in [0.2, 0.25) is 0 Å². The highest BCUT2D eigenvalue weighted by atomic mass is 16.1. The minimum Gasteiger partial charge on any atom is -0.386 e. The molecule has 0 aliphatic carbocycles. The summed E-state index contributed by atoms with van der Waals surface area (Å²) in [5.74, 6) is 0.339. The van der Waals surface area contributed by atoms with Crippen molar-refractivity contribution in [1.82, 2.24) is 4.90 Å². The van der Waals surface area contributed by atoms with Gasteiger partial charge in [-0.15, -0.1) is 0 Å². The van der Waals surface area contributed by atoms with E-state index >= 15 is 0 Å². The van der Waals surface area contributed by atoms with E-state index in [-0.39, 0.29) is 5.91 Å². The number of nitriles is 1. The molecule has 0 bridgehead atoms. The summed E-state index contributed by atoms with van der Waals surface area (Å²) in [4.78, 5) is 18.5. The van der Waals surface area contributed by atoms with Crippen LogP contribution in [0.25, 0.3) is 5.70 Å². The molecule has 3 N–H and O–H groups in total. The van der Waals surface area contributed by atoms with Crippen LogP contribution in [0.4, 0.5) is 5.69 Å². The Bertz CT molecular complexity index is 906. The van der Waals surface area contributed by atoms with E-state index in [1.165, 1.54) is 0 Å². The summed E-state index contributed by atoms with van der Waals surface area (Å²) < 4.78 is 0. The normalized spacial score (nSPS) is 13.5. The maximum absolute atomic E-state index is 12.4. The van der Waals surface area contributed by atoms with Crippen molar-refractivity contribution >= 4 is 23.1 Å². The fourth-order valence-corrected chi connectivity index (χ4v) is 2.56. The lowest BCUT2D eigenvalue weighted by Crippen LogP contribution is -2.32. The second kappa shape index (κ2) is 6.89. The number of anilines is 1. The third-order valence-electron chi connectivity index (χ3n) is 3.86. The zero-order chi connectivity index (χ0) is 17.8. The SMILES string of the molecule is CN1CC(N)=NC=C1c1cccc(NC(=O)c2ccc(C#N)cc2)c1. The number of carbonyl (C=O) groups excluding carboxylic acids is 1. The third-order valence-corrected chi connectivity index (χ3v) is 3.86. The lowest BCUT2D eigenvalue weighted by Gasteiger charge is -2.25. The van der Waals surface area contributed by atoms with E-state index in [1.807, 2.05) is 42.3 Å². The van der Waals surface area contributed by atoms with Gasteiger partial charge >= 0.3 is 0 Å². The van der Waals surface area contributed by atoms with E-state index in [0.717, 1.165) is 11.3 Å². The van der Waals surface area contributed by atoms with E-state index in [4.69, 9.17) is 11.0 Å². The summed E-state index contributed by atoms with van der Waals surface area (Å²) in [7, 11) is 1.94.